The maximum absolute atomic E-state index is 13.9. The van der Waals surface area contributed by atoms with Crippen molar-refractivity contribution in [2.45, 2.75) is 39.3 Å². The summed E-state index contributed by atoms with van der Waals surface area (Å²) in [5, 5.41) is 3.35. The Hall–Kier alpha value is -0.650. The largest absolute Gasteiger partial charge is 0.338 e. The van der Waals surface area contributed by atoms with Crippen LogP contribution in [-0.2, 0) is 11.3 Å². The molecule has 0 aliphatic carbocycles. The number of piperidine rings is 1. The fourth-order valence-corrected chi connectivity index (χ4v) is 3.24. The minimum absolute atomic E-state index is 0. The fraction of sp³-hybridized carbons (Fsp3) is 0.562. The number of benzene rings is 1. The average molecular weight is 394 g/mol. The Labute approximate surface area is 146 Å². The van der Waals surface area contributed by atoms with E-state index in [2.05, 4.69) is 28.2 Å². The Kier molecular flexibility index (Phi) is 7.80. The van der Waals surface area contributed by atoms with Gasteiger partial charge in [0.15, 0.2) is 0 Å². The topological polar surface area (TPSA) is 32.3 Å². The van der Waals surface area contributed by atoms with Crippen LogP contribution in [0, 0.1) is 11.7 Å². The Morgan fingerprint density at radius 3 is 2.86 bits per heavy atom. The van der Waals surface area contributed by atoms with Crippen LogP contribution in [-0.4, -0.2) is 29.9 Å². The van der Waals surface area contributed by atoms with E-state index in [0.717, 1.165) is 23.9 Å². The highest BCUT2D eigenvalue weighted by molar-refractivity contribution is 9.10. The zero-order valence-electron chi connectivity index (χ0n) is 12.9. The summed E-state index contributed by atoms with van der Waals surface area (Å²) in [6, 6.07) is 5.22. The smallest absolute Gasteiger partial charge is 0.226 e. The summed E-state index contributed by atoms with van der Waals surface area (Å²) < 4.78 is 14.7. The van der Waals surface area contributed by atoms with Crippen LogP contribution in [0.25, 0.3) is 0 Å². The number of carbonyl (C=O) groups is 1. The van der Waals surface area contributed by atoms with Gasteiger partial charge in [0.1, 0.15) is 5.82 Å². The molecule has 3 nitrogen and oxygen atoms in total. The van der Waals surface area contributed by atoms with Crippen LogP contribution in [0.2, 0.25) is 0 Å². The lowest BCUT2D eigenvalue weighted by atomic mass is 9.92. The lowest BCUT2D eigenvalue weighted by molar-refractivity contribution is -0.137. The van der Waals surface area contributed by atoms with Crippen molar-refractivity contribution in [2.24, 2.45) is 5.92 Å². The summed E-state index contributed by atoms with van der Waals surface area (Å²) in [5.74, 6) is -0.0650. The lowest BCUT2D eigenvalue weighted by Crippen LogP contribution is -2.44. The van der Waals surface area contributed by atoms with E-state index < -0.39 is 0 Å². The highest BCUT2D eigenvalue weighted by Crippen LogP contribution is 2.22. The molecular weight excluding hydrogens is 371 g/mol. The molecule has 1 aliphatic rings. The first kappa shape index (κ1) is 19.4. The molecule has 6 heteroatoms. The monoisotopic (exact) mass is 392 g/mol. The van der Waals surface area contributed by atoms with E-state index >= 15 is 0 Å². The number of nitrogens with one attached hydrogen (secondary N) is 1. The third-order valence-corrected chi connectivity index (χ3v) is 4.53. The summed E-state index contributed by atoms with van der Waals surface area (Å²) in [7, 11) is 0. The third kappa shape index (κ3) is 4.93. The van der Waals surface area contributed by atoms with Gasteiger partial charge in [-0.3, -0.25) is 4.79 Å². The molecule has 22 heavy (non-hydrogen) atoms. The number of hydrogen-bond donors (Lipinski definition) is 1. The first-order chi connectivity index (χ1) is 10.0. The van der Waals surface area contributed by atoms with Crippen LogP contribution in [0.5, 0.6) is 0 Å². The molecule has 0 radical (unpaired) electrons. The normalized spacial score (nSPS) is 21.1. The molecule has 0 aromatic heterocycles. The molecule has 1 fully saturated rings. The van der Waals surface area contributed by atoms with Crippen LogP contribution in [0.1, 0.15) is 32.3 Å². The molecule has 0 unspecified atom stereocenters. The van der Waals surface area contributed by atoms with Crippen molar-refractivity contribution in [1.29, 1.82) is 0 Å². The Bertz CT molecular complexity index is 515. The summed E-state index contributed by atoms with van der Waals surface area (Å²) >= 11 is 3.35. The van der Waals surface area contributed by atoms with Crippen molar-refractivity contribution in [1.82, 2.24) is 10.2 Å². The zero-order chi connectivity index (χ0) is 15.4. The van der Waals surface area contributed by atoms with Crippen LogP contribution in [0.3, 0.4) is 0 Å². The highest BCUT2D eigenvalue weighted by Gasteiger charge is 2.28. The number of rotatable bonds is 4. The first-order valence-corrected chi connectivity index (χ1v) is 8.26. The number of halogens is 3. The summed E-state index contributed by atoms with van der Waals surface area (Å²) in [4.78, 5) is 14.4. The van der Waals surface area contributed by atoms with Crippen molar-refractivity contribution >= 4 is 34.2 Å². The molecule has 1 aromatic rings. The van der Waals surface area contributed by atoms with E-state index in [1.54, 1.807) is 17.0 Å². The third-order valence-electron chi connectivity index (χ3n) is 4.04. The predicted octanol–water partition coefficient (Wildman–Crippen LogP) is 3.75. The second-order valence-electron chi connectivity index (χ2n) is 5.66. The van der Waals surface area contributed by atoms with E-state index in [9.17, 15) is 9.18 Å². The van der Waals surface area contributed by atoms with Crippen LogP contribution in [0.15, 0.2) is 22.7 Å². The maximum Gasteiger partial charge on any atom is 0.226 e. The van der Waals surface area contributed by atoms with Gasteiger partial charge < -0.3 is 10.2 Å². The van der Waals surface area contributed by atoms with Crippen LogP contribution < -0.4 is 5.32 Å². The molecule has 0 spiro atoms. The fourth-order valence-electron chi connectivity index (χ4n) is 2.83. The van der Waals surface area contributed by atoms with E-state index in [4.69, 9.17) is 0 Å². The van der Waals surface area contributed by atoms with Gasteiger partial charge in [-0.15, -0.1) is 12.4 Å². The number of nitrogens with zero attached hydrogens (tertiary/aromatic N) is 1. The number of amides is 1. The van der Waals surface area contributed by atoms with Crippen LogP contribution in [0.4, 0.5) is 4.39 Å². The molecule has 1 amide bonds. The van der Waals surface area contributed by atoms with Gasteiger partial charge in [0.05, 0.1) is 0 Å². The van der Waals surface area contributed by atoms with Gasteiger partial charge in [0.25, 0.3) is 0 Å². The second kappa shape index (κ2) is 8.85. The quantitative estimate of drug-likeness (QED) is 0.845. The summed E-state index contributed by atoms with van der Waals surface area (Å²) in [5.41, 5.74) is 0.557. The number of hydrogen-bond acceptors (Lipinski definition) is 2. The molecular formula is C16H23BrClFN2O. The molecule has 2 rings (SSSR count). The molecule has 1 saturated heterocycles. The molecule has 124 valence electrons. The molecule has 1 aromatic carbocycles. The SMILES string of the molecule is CCN(Cc1cc(Br)ccc1F)C(=O)[C@H]1CCN[C@@H](C)C1.Cl. The van der Waals surface area contributed by atoms with Gasteiger partial charge >= 0.3 is 0 Å². The lowest BCUT2D eigenvalue weighted by Gasteiger charge is -2.31. The van der Waals surface area contributed by atoms with Crippen molar-refractivity contribution in [3.05, 3.63) is 34.1 Å². The molecule has 1 heterocycles. The van der Waals surface area contributed by atoms with Gasteiger partial charge in [-0.1, -0.05) is 15.9 Å². The predicted molar refractivity (Wildman–Crippen MR) is 92.6 cm³/mol. The standard InChI is InChI=1S/C16H22BrFN2O.ClH/c1-3-20(10-13-9-14(17)4-5-15(13)18)16(21)12-6-7-19-11(2)8-12;/h4-5,9,11-12,19H,3,6-8,10H2,1-2H3;1H/t11-,12-;/m0./s1. The van der Waals surface area contributed by atoms with E-state index in [1.165, 1.54) is 6.07 Å². The maximum atomic E-state index is 13.9. The Balaban J connectivity index is 0.00000242. The molecule has 0 bridgehead atoms. The minimum Gasteiger partial charge on any atom is -0.338 e. The van der Waals surface area contributed by atoms with E-state index in [0.29, 0.717) is 24.7 Å². The second-order valence-corrected chi connectivity index (χ2v) is 6.58. The van der Waals surface area contributed by atoms with Crippen molar-refractivity contribution in [3.8, 4) is 0 Å². The Morgan fingerprint density at radius 1 is 1.50 bits per heavy atom. The molecule has 2 atom stereocenters. The van der Waals surface area contributed by atoms with Gasteiger partial charge in [-0.05, 0) is 51.4 Å². The minimum atomic E-state index is -0.261. The van der Waals surface area contributed by atoms with Crippen molar-refractivity contribution in [2.75, 3.05) is 13.1 Å². The van der Waals surface area contributed by atoms with Gasteiger partial charge in [-0.2, -0.15) is 0 Å². The van der Waals surface area contributed by atoms with Crippen molar-refractivity contribution in [3.63, 3.8) is 0 Å². The highest BCUT2D eigenvalue weighted by atomic mass is 79.9. The van der Waals surface area contributed by atoms with Crippen LogP contribution >= 0.6 is 28.3 Å². The molecule has 1 N–H and O–H groups in total. The van der Waals surface area contributed by atoms with E-state index in [-0.39, 0.29) is 30.0 Å². The molecule has 1 aliphatic heterocycles. The Morgan fingerprint density at radius 2 is 2.23 bits per heavy atom. The van der Waals surface area contributed by atoms with Gasteiger partial charge in [-0.25, -0.2) is 4.39 Å². The first-order valence-electron chi connectivity index (χ1n) is 7.47. The van der Waals surface area contributed by atoms with Gasteiger partial charge in [0, 0.05) is 35.1 Å². The zero-order valence-corrected chi connectivity index (χ0v) is 15.3. The van der Waals surface area contributed by atoms with Gasteiger partial charge in [0.2, 0.25) is 5.91 Å². The summed E-state index contributed by atoms with van der Waals surface area (Å²) in [6.07, 6.45) is 1.72. The van der Waals surface area contributed by atoms with Crippen molar-refractivity contribution < 1.29 is 9.18 Å². The number of carbonyl (C=O) groups excluding carboxylic acids is 1. The summed E-state index contributed by atoms with van der Waals surface area (Å²) in [6.45, 7) is 5.85. The van der Waals surface area contributed by atoms with E-state index in [1.807, 2.05) is 6.92 Å². The molecule has 0 saturated carbocycles. The average Bonchev–Trinajstić information content (AvgIpc) is 2.47.